The average Bonchev–Trinajstić information content (AvgIpc) is 2.43. The molecule has 2 unspecified atom stereocenters. The molecule has 0 spiro atoms. The fourth-order valence-corrected chi connectivity index (χ4v) is 2.26. The first-order chi connectivity index (χ1) is 8.80. The molecule has 0 bridgehead atoms. The van der Waals surface area contributed by atoms with Gasteiger partial charge in [-0.3, -0.25) is 0 Å². The lowest BCUT2D eigenvalue weighted by atomic mass is 10.0. The van der Waals surface area contributed by atoms with Crippen molar-refractivity contribution in [1.29, 1.82) is 0 Å². The molecule has 0 saturated heterocycles. The summed E-state index contributed by atoms with van der Waals surface area (Å²) in [6.45, 7) is 4.64. The van der Waals surface area contributed by atoms with Gasteiger partial charge in [-0.2, -0.15) is 0 Å². The molecule has 1 rings (SSSR count). The molecule has 0 radical (unpaired) electrons. The van der Waals surface area contributed by atoms with Gasteiger partial charge >= 0.3 is 0 Å². The van der Waals surface area contributed by atoms with Crippen molar-refractivity contribution in [1.82, 2.24) is 5.32 Å². The second-order valence-corrected chi connectivity index (χ2v) is 4.98. The molecule has 0 amide bonds. The summed E-state index contributed by atoms with van der Waals surface area (Å²) in [4.78, 5) is 0. The molecule has 102 valence electrons. The number of rotatable bonds is 9. The maximum atomic E-state index is 9.49. The Bertz CT molecular complexity index is 299. The van der Waals surface area contributed by atoms with Gasteiger partial charge in [0.1, 0.15) is 0 Å². The molecule has 18 heavy (non-hydrogen) atoms. The van der Waals surface area contributed by atoms with Crippen LogP contribution >= 0.6 is 0 Å². The van der Waals surface area contributed by atoms with Crippen molar-refractivity contribution in [2.75, 3.05) is 6.61 Å². The van der Waals surface area contributed by atoms with Crippen molar-refractivity contribution >= 4 is 0 Å². The molecule has 1 aromatic rings. The maximum Gasteiger partial charge on any atom is 0.0587 e. The lowest BCUT2D eigenvalue weighted by Gasteiger charge is -2.23. The van der Waals surface area contributed by atoms with Crippen LogP contribution in [0.4, 0.5) is 0 Å². The normalized spacial score (nSPS) is 14.4. The van der Waals surface area contributed by atoms with Crippen LogP contribution in [0.2, 0.25) is 0 Å². The second-order valence-electron chi connectivity index (χ2n) is 4.98. The fraction of sp³-hybridized carbons (Fsp3) is 0.625. The highest BCUT2D eigenvalue weighted by molar-refractivity contribution is 5.15. The lowest BCUT2D eigenvalue weighted by molar-refractivity contribution is 0.225. The van der Waals surface area contributed by atoms with Crippen LogP contribution in [0.1, 0.15) is 45.1 Å². The van der Waals surface area contributed by atoms with Gasteiger partial charge in [0.25, 0.3) is 0 Å². The highest BCUT2D eigenvalue weighted by atomic mass is 16.3. The van der Waals surface area contributed by atoms with E-state index < -0.39 is 0 Å². The van der Waals surface area contributed by atoms with E-state index >= 15 is 0 Å². The van der Waals surface area contributed by atoms with Crippen molar-refractivity contribution in [2.45, 2.75) is 58.0 Å². The Balaban J connectivity index is 2.45. The van der Waals surface area contributed by atoms with E-state index in [9.17, 15) is 5.11 Å². The predicted octanol–water partition coefficient (Wildman–Crippen LogP) is 3.15. The third-order valence-electron chi connectivity index (χ3n) is 3.42. The van der Waals surface area contributed by atoms with E-state index in [4.69, 9.17) is 0 Å². The predicted molar refractivity (Wildman–Crippen MR) is 77.8 cm³/mol. The lowest BCUT2D eigenvalue weighted by Crippen LogP contribution is -2.41. The van der Waals surface area contributed by atoms with Gasteiger partial charge < -0.3 is 10.4 Å². The van der Waals surface area contributed by atoms with E-state index in [2.05, 4.69) is 43.4 Å². The molecule has 2 heteroatoms. The number of aliphatic hydroxyl groups is 1. The number of benzene rings is 1. The molecule has 0 aliphatic carbocycles. The summed E-state index contributed by atoms with van der Waals surface area (Å²) in [5.41, 5.74) is 1.29. The maximum absolute atomic E-state index is 9.49. The van der Waals surface area contributed by atoms with Gasteiger partial charge in [-0.15, -0.1) is 0 Å². The summed E-state index contributed by atoms with van der Waals surface area (Å²) in [5.74, 6) is 0. The summed E-state index contributed by atoms with van der Waals surface area (Å²) >= 11 is 0. The molecule has 1 aromatic carbocycles. The van der Waals surface area contributed by atoms with Crippen molar-refractivity contribution in [2.24, 2.45) is 0 Å². The van der Waals surface area contributed by atoms with Crippen LogP contribution in [-0.2, 0) is 6.42 Å². The number of hydrogen-bond acceptors (Lipinski definition) is 2. The van der Waals surface area contributed by atoms with Crippen LogP contribution in [0.25, 0.3) is 0 Å². The molecule has 2 atom stereocenters. The van der Waals surface area contributed by atoms with Crippen molar-refractivity contribution in [3.05, 3.63) is 35.9 Å². The number of nitrogens with one attached hydrogen (secondary N) is 1. The molecular formula is C16H27NO. The van der Waals surface area contributed by atoms with Gasteiger partial charge in [0.15, 0.2) is 0 Å². The minimum Gasteiger partial charge on any atom is -0.395 e. The standard InChI is InChI=1S/C16H27NO/c1-3-5-11-15(4-2)17-16(13-18)12-14-9-7-6-8-10-14/h6-10,15-18H,3-5,11-13H2,1-2H3. The fourth-order valence-electron chi connectivity index (χ4n) is 2.26. The van der Waals surface area contributed by atoms with Crippen LogP contribution in [0, 0.1) is 0 Å². The van der Waals surface area contributed by atoms with Crippen LogP contribution in [0.15, 0.2) is 30.3 Å². The van der Waals surface area contributed by atoms with Crippen LogP contribution in [-0.4, -0.2) is 23.8 Å². The third kappa shape index (κ3) is 5.65. The minimum absolute atomic E-state index is 0.175. The van der Waals surface area contributed by atoms with E-state index in [1.54, 1.807) is 0 Å². The SMILES string of the molecule is CCCCC(CC)NC(CO)Cc1ccccc1. The molecule has 0 saturated carbocycles. The monoisotopic (exact) mass is 249 g/mol. The van der Waals surface area contributed by atoms with E-state index in [0.29, 0.717) is 6.04 Å². The summed E-state index contributed by atoms with van der Waals surface area (Å²) in [5, 5.41) is 13.1. The summed E-state index contributed by atoms with van der Waals surface area (Å²) in [7, 11) is 0. The summed E-state index contributed by atoms with van der Waals surface area (Å²) < 4.78 is 0. The molecule has 0 fully saturated rings. The number of aliphatic hydroxyl groups excluding tert-OH is 1. The van der Waals surface area contributed by atoms with Crippen LogP contribution in [0.3, 0.4) is 0 Å². The zero-order valence-corrected chi connectivity index (χ0v) is 11.7. The van der Waals surface area contributed by atoms with Crippen molar-refractivity contribution in [3.8, 4) is 0 Å². The molecule has 0 aliphatic heterocycles. The van der Waals surface area contributed by atoms with E-state index in [1.165, 1.54) is 24.8 Å². The third-order valence-corrected chi connectivity index (χ3v) is 3.42. The van der Waals surface area contributed by atoms with Gasteiger partial charge in [-0.05, 0) is 24.8 Å². The smallest absolute Gasteiger partial charge is 0.0587 e. The molecule has 2 N–H and O–H groups in total. The highest BCUT2D eigenvalue weighted by Gasteiger charge is 2.13. The molecular weight excluding hydrogens is 222 g/mol. The molecule has 0 aliphatic rings. The average molecular weight is 249 g/mol. The molecule has 2 nitrogen and oxygen atoms in total. The summed E-state index contributed by atoms with van der Waals surface area (Å²) in [6.07, 6.45) is 5.74. The topological polar surface area (TPSA) is 32.3 Å². The van der Waals surface area contributed by atoms with Gasteiger partial charge in [0.05, 0.1) is 6.61 Å². The van der Waals surface area contributed by atoms with Gasteiger partial charge in [-0.25, -0.2) is 0 Å². The number of hydrogen-bond donors (Lipinski definition) is 2. The van der Waals surface area contributed by atoms with Crippen molar-refractivity contribution < 1.29 is 5.11 Å². The summed E-state index contributed by atoms with van der Waals surface area (Å²) in [6, 6.07) is 11.1. The first-order valence-electron chi connectivity index (χ1n) is 7.21. The molecule has 0 heterocycles. The first-order valence-corrected chi connectivity index (χ1v) is 7.21. The van der Waals surface area contributed by atoms with Gasteiger partial charge in [0.2, 0.25) is 0 Å². The minimum atomic E-state index is 0.175. The Kier molecular flexibility index (Phi) is 7.70. The van der Waals surface area contributed by atoms with Crippen LogP contribution in [0.5, 0.6) is 0 Å². The number of unbranched alkanes of at least 4 members (excludes halogenated alkanes) is 1. The second kappa shape index (κ2) is 9.12. The largest absolute Gasteiger partial charge is 0.395 e. The zero-order valence-electron chi connectivity index (χ0n) is 11.7. The Labute approximate surface area is 111 Å². The zero-order chi connectivity index (χ0) is 13.2. The molecule has 0 aromatic heterocycles. The van der Waals surface area contributed by atoms with E-state index in [0.717, 1.165) is 12.8 Å². The highest BCUT2D eigenvalue weighted by Crippen LogP contribution is 2.08. The van der Waals surface area contributed by atoms with Crippen LogP contribution < -0.4 is 5.32 Å². The van der Waals surface area contributed by atoms with Crippen molar-refractivity contribution in [3.63, 3.8) is 0 Å². The van der Waals surface area contributed by atoms with Gasteiger partial charge in [0, 0.05) is 12.1 Å². The van der Waals surface area contributed by atoms with E-state index in [-0.39, 0.29) is 12.6 Å². The quantitative estimate of drug-likeness (QED) is 0.704. The first kappa shape index (κ1) is 15.2. The Morgan fingerprint density at radius 1 is 1.11 bits per heavy atom. The van der Waals surface area contributed by atoms with Gasteiger partial charge in [-0.1, -0.05) is 57.0 Å². The Morgan fingerprint density at radius 3 is 2.39 bits per heavy atom. The van der Waals surface area contributed by atoms with E-state index in [1.807, 2.05) is 6.07 Å². The Hall–Kier alpha value is -0.860. The Morgan fingerprint density at radius 2 is 1.83 bits per heavy atom.